The molecule has 0 saturated carbocycles. The first kappa shape index (κ1) is 14.1. The van der Waals surface area contributed by atoms with E-state index in [1.807, 2.05) is 0 Å². The number of nitrogens with one attached hydrogen (secondary N) is 2. The van der Waals surface area contributed by atoms with Crippen LogP contribution in [0.2, 0.25) is 0 Å². The molecule has 1 amide bonds. The van der Waals surface area contributed by atoms with Gasteiger partial charge in [-0.25, -0.2) is 18.1 Å². The molecule has 1 aromatic rings. The predicted octanol–water partition coefficient (Wildman–Crippen LogP) is -0.632. The standard InChI is InChI=1S/C10H12N4O3S/c1-12-10(15)4-6-14-18(16,17)9-3-2-5-13-8(9)7-11/h2-3,5,14H,4,6H2,1H3,(H,12,15). The van der Waals surface area contributed by atoms with Crippen molar-refractivity contribution in [2.24, 2.45) is 0 Å². The van der Waals surface area contributed by atoms with Crippen LogP contribution in [0.5, 0.6) is 0 Å². The second-order valence-corrected chi connectivity index (χ2v) is 5.02. The highest BCUT2D eigenvalue weighted by molar-refractivity contribution is 7.89. The van der Waals surface area contributed by atoms with E-state index in [0.29, 0.717) is 0 Å². The summed E-state index contributed by atoms with van der Waals surface area (Å²) in [5, 5.41) is 11.1. The zero-order valence-corrected chi connectivity index (χ0v) is 10.5. The van der Waals surface area contributed by atoms with Crippen molar-refractivity contribution in [3.05, 3.63) is 24.0 Å². The third-order valence-corrected chi connectivity index (χ3v) is 3.58. The van der Waals surface area contributed by atoms with Crippen LogP contribution >= 0.6 is 0 Å². The van der Waals surface area contributed by atoms with Crippen LogP contribution in [0.3, 0.4) is 0 Å². The molecule has 8 heteroatoms. The Labute approximate surface area is 105 Å². The van der Waals surface area contributed by atoms with Gasteiger partial charge >= 0.3 is 0 Å². The van der Waals surface area contributed by atoms with Gasteiger partial charge in [0.1, 0.15) is 11.0 Å². The number of hydrogen-bond donors (Lipinski definition) is 2. The molecule has 0 unspecified atom stereocenters. The Morgan fingerprint density at radius 3 is 2.89 bits per heavy atom. The summed E-state index contributed by atoms with van der Waals surface area (Å²) in [6, 6.07) is 4.41. The van der Waals surface area contributed by atoms with E-state index >= 15 is 0 Å². The fraction of sp³-hybridized carbons (Fsp3) is 0.300. The molecule has 18 heavy (non-hydrogen) atoms. The third-order valence-electron chi connectivity index (χ3n) is 2.09. The summed E-state index contributed by atoms with van der Waals surface area (Å²) in [4.78, 5) is 14.4. The molecule has 0 saturated heterocycles. The number of hydrogen-bond acceptors (Lipinski definition) is 5. The maximum atomic E-state index is 11.8. The van der Waals surface area contributed by atoms with Crippen LogP contribution in [0, 0.1) is 11.3 Å². The van der Waals surface area contributed by atoms with Crippen molar-refractivity contribution in [2.75, 3.05) is 13.6 Å². The minimum Gasteiger partial charge on any atom is -0.359 e. The lowest BCUT2D eigenvalue weighted by molar-refractivity contribution is -0.120. The van der Waals surface area contributed by atoms with Crippen molar-refractivity contribution in [3.8, 4) is 6.07 Å². The summed E-state index contributed by atoms with van der Waals surface area (Å²) in [7, 11) is -2.36. The van der Waals surface area contributed by atoms with E-state index in [-0.39, 0.29) is 29.5 Å². The maximum Gasteiger partial charge on any atom is 0.243 e. The molecule has 1 aromatic heterocycles. The fourth-order valence-electron chi connectivity index (χ4n) is 1.19. The van der Waals surface area contributed by atoms with Crippen LogP contribution in [-0.2, 0) is 14.8 Å². The van der Waals surface area contributed by atoms with Crippen molar-refractivity contribution >= 4 is 15.9 Å². The van der Waals surface area contributed by atoms with Crippen LogP contribution in [0.25, 0.3) is 0 Å². The Morgan fingerprint density at radius 2 is 2.28 bits per heavy atom. The molecule has 0 radical (unpaired) electrons. The van der Waals surface area contributed by atoms with E-state index < -0.39 is 10.0 Å². The number of rotatable bonds is 5. The summed E-state index contributed by atoms with van der Waals surface area (Å²) in [6.45, 7) is -0.0399. The SMILES string of the molecule is CNC(=O)CCNS(=O)(=O)c1cccnc1C#N. The van der Waals surface area contributed by atoms with E-state index in [1.165, 1.54) is 25.4 Å². The number of pyridine rings is 1. The highest BCUT2D eigenvalue weighted by Crippen LogP contribution is 2.11. The summed E-state index contributed by atoms with van der Waals surface area (Å²) >= 11 is 0. The highest BCUT2D eigenvalue weighted by Gasteiger charge is 2.18. The van der Waals surface area contributed by atoms with Gasteiger partial charge in [-0.1, -0.05) is 0 Å². The van der Waals surface area contributed by atoms with Crippen molar-refractivity contribution < 1.29 is 13.2 Å². The lowest BCUT2D eigenvalue weighted by Crippen LogP contribution is -2.29. The summed E-state index contributed by atoms with van der Waals surface area (Å²) in [5.41, 5.74) is -0.176. The van der Waals surface area contributed by atoms with E-state index in [9.17, 15) is 13.2 Å². The Morgan fingerprint density at radius 1 is 1.56 bits per heavy atom. The van der Waals surface area contributed by atoms with Crippen molar-refractivity contribution in [2.45, 2.75) is 11.3 Å². The van der Waals surface area contributed by atoms with Crippen LogP contribution < -0.4 is 10.0 Å². The predicted molar refractivity (Wildman–Crippen MR) is 62.8 cm³/mol. The summed E-state index contributed by atoms with van der Waals surface area (Å²) in [5.74, 6) is -0.274. The number of aromatic nitrogens is 1. The Balaban J connectivity index is 2.81. The lowest BCUT2D eigenvalue weighted by Gasteiger charge is -2.06. The van der Waals surface area contributed by atoms with E-state index in [0.717, 1.165) is 0 Å². The monoisotopic (exact) mass is 268 g/mol. The number of amides is 1. The molecular formula is C10H12N4O3S. The van der Waals surface area contributed by atoms with Crippen LogP contribution in [0.4, 0.5) is 0 Å². The fourth-order valence-corrected chi connectivity index (χ4v) is 2.33. The van der Waals surface area contributed by atoms with Gasteiger partial charge in [0.25, 0.3) is 0 Å². The summed E-state index contributed by atoms with van der Waals surface area (Å²) < 4.78 is 25.9. The van der Waals surface area contributed by atoms with Gasteiger partial charge in [0.2, 0.25) is 15.9 Å². The number of nitrogens with zero attached hydrogens (tertiary/aromatic N) is 2. The average molecular weight is 268 g/mol. The van der Waals surface area contributed by atoms with Gasteiger partial charge < -0.3 is 5.32 Å². The molecule has 0 bridgehead atoms. The number of sulfonamides is 1. The van der Waals surface area contributed by atoms with E-state index in [1.54, 1.807) is 6.07 Å². The van der Waals surface area contributed by atoms with Gasteiger partial charge in [-0.3, -0.25) is 4.79 Å². The van der Waals surface area contributed by atoms with Gasteiger partial charge in [-0.15, -0.1) is 0 Å². The molecule has 0 aromatic carbocycles. The van der Waals surface area contributed by atoms with Crippen molar-refractivity contribution in [1.82, 2.24) is 15.0 Å². The molecule has 96 valence electrons. The molecule has 0 aliphatic heterocycles. The van der Waals surface area contributed by atoms with Crippen LogP contribution in [-0.4, -0.2) is 32.9 Å². The first-order chi connectivity index (χ1) is 8.51. The van der Waals surface area contributed by atoms with Gasteiger partial charge in [0, 0.05) is 26.2 Å². The second kappa shape index (κ2) is 6.09. The third kappa shape index (κ3) is 3.51. The smallest absolute Gasteiger partial charge is 0.243 e. The largest absolute Gasteiger partial charge is 0.359 e. The minimum absolute atomic E-state index is 0.0257. The Bertz CT molecular complexity index is 577. The Kier molecular flexibility index (Phi) is 4.76. The normalized spacial score (nSPS) is 10.7. The first-order valence-corrected chi connectivity index (χ1v) is 6.55. The molecular weight excluding hydrogens is 256 g/mol. The van der Waals surface area contributed by atoms with E-state index in [4.69, 9.17) is 5.26 Å². The molecule has 0 aliphatic rings. The number of carbonyl (C=O) groups excluding carboxylic acids is 1. The van der Waals surface area contributed by atoms with E-state index in [2.05, 4.69) is 15.0 Å². The summed E-state index contributed by atoms with van der Waals surface area (Å²) in [6.07, 6.45) is 1.36. The molecule has 1 heterocycles. The topological polar surface area (TPSA) is 112 Å². The molecule has 0 spiro atoms. The number of nitriles is 1. The average Bonchev–Trinajstić information content (AvgIpc) is 2.38. The van der Waals surface area contributed by atoms with Gasteiger partial charge in [0.15, 0.2) is 5.69 Å². The van der Waals surface area contributed by atoms with Crippen LogP contribution in [0.1, 0.15) is 12.1 Å². The van der Waals surface area contributed by atoms with Crippen molar-refractivity contribution in [3.63, 3.8) is 0 Å². The molecule has 2 N–H and O–H groups in total. The highest BCUT2D eigenvalue weighted by atomic mass is 32.2. The second-order valence-electron chi connectivity index (χ2n) is 3.28. The minimum atomic E-state index is -3.82. The van der Waals surface area contributed by atoms with Gasteiger partial charge in [0.05, 0.1) is 0 Å². The maximum absolute atomic E-state index is 11.8. The Hall–Kier alpha value is -1.98. The molecule has 0 fully saturated rings. The van der Waals surface area contributed by atoms with Crippen LogP contribution in [0.15, 0.2) is 23.2 Å². The first-order valence-electron chi connectivity index (χ1n) is 5.06. The molecule has 0 aliphatic carbocycles. The number of carbonyl (C=O) groups is 1. The lowest BCUT2D eigenvalue weighted by atomic mass is 10.4. The molecule has 1 rings (SSSR count). The zero-order chi connectivity index (χ0) is 13.6. The molecule has 0 atom stereocenters. The molecule has 7 nitrogen and oxygen atoms in total. The van der Waals surface area contributed by atoms with Gasteiger partial charge in [-0.2, -0.15) is 5.26 Å². The quantitative estimate of drug-likeness (QED) is 0.738. The zero-order valence-electron chi connectivity index (χ0n) is 9.67. The van der Waals surface area contributed by atoms with Crippen molar-refractivity contribution in [1.29, 1.82) is 5.26 Å². The van der Waals surface area contributed by atoms with Gasteiger partial charge in [-0.05, 0) is 12.1 Å².